The number of fused-ring (bicyclic) bond motifs is 1. The van der Waals surface area contributed by atoms with Crippen LogP contribution < -0.4 is 5.32 Å². The van der Waals surface area contributed by atoms with Gasteiger partial charge in [0, 0.05) is 19.5 Å². The molecule has 1 heterocycles. The fraction of sp³-hybridized carbons (Fsp3) is 0.391. The fourth-order valence-corrected chi connectivity index (χ4v) is 4.27. The predicted octanol–water partition coefficient (Wildman–Crippen LogP) is 3.27. The molecule has 2 aliphatic rings. The van der Waals surface area contributed by atoms with Gasteiger partial charge in [-0.1, -0.05) is 54.6 Å². The molecule has 4 nitrogen and oxygen atoms in total. The van der Waals surface area contributed by atoms with Crippen LogP contribution in [-0.4, -0.2) is 29.8 Å². The number of amides is 2. The topological polar surface area (TPSA) is 49.4 Å². The Kier molecular flexibility index (Phi) is 5.23. The van der Waals surface area contributed by atoms with Crippen LogP contribution in [0.4, 0.5) is 0 Å². The van der Waals surface area contributed by atoms with Crippen LogP contribution in [0.5, 0.6) is 0 Å². The number of carbonyl (C=O) groups excluding carboxylic acids is 2. The zero-order valence-electron chi connectivity index (χ0n) is 15.6. The Hall–Kier alpha value is -2.62. The number of aryl methyl sites for hydroxylation is 1. The first-order valence-electron chi connectivity index (χ1n) is 9.90. The molecule has 1 N–H and O–H groups in total. The zero-order valence-corrected chi connectivity index (χ0v) is 15.6. The van der Waals surface area contributed by atoms with Gasteiger partial charge in [0.15, 0.2) is 0 Å². The van der Waals surface area contributed by atoms with Crippen molar-refractivity contribution in [3.05, 3.63) is 71.3 Å². The molecule has 140 valence electrons. The van der Waals surface area contributed by atoms with E-state index in [2.05, 4.69) is 35.6 Å². The van der Waals surface area contributed by atoms with E-state index in [9.17, 15) is 9.59 Å². The summed E-state index contributed by atoms with van der Waals surface area (Å²) in [6.07, 6.45) is 4.31. The predicted molar refractivity (Wildman–Crippen MR) is 105 cm³/mol. The van der Waals surface area contributed by atoms with E-state index in [1.54, 1.807) is 0 Å². The van der Waals surface area contributed by atoms with Crippen molar-refractivity contribution in [3.63, 3.8) is 0 Å². The lowest BCUT2D eigenvalue weighted by molar-refractivity contribution is -0.129. The molecule has 1 fully saturated rings. The van der Waals surface area contributed by atoms with Crippen molar-refractivity contribution < 1.29 is 9.59 Å². The van der Waals surface area contributed by atoms with Crippen LogP contribution in [0.25, 0.3) is 0 Å². The molecule has 0 saturated carbocycles. The molecular weight excluding hydrogens is 336 g/mol. The number of hydrogen-bond acceptors (Lipinski definition) is 2. The molecule has 1 aliphatic carbocycles. The quantitative estimate of drug-likeness (QED) is 0.887. The van der Waals surface area contributed by atoms with Gasteiger partial charge < -0.3 is 10.2 Å². The highest BCUT2D eigenvalue weighted by molar-refractivity contribution is 5.89. The first kappa shape index (κ1) is 17.8. The van der Waals surface area contributed by atoms with E-state index < -0.39 is 0 Å². The SMILES string of the molecule is O=C(N[C@@H]1CCCc2ccccc21)[C@H]1CC(=O)N(CCc2ccccc2)C1. The van der Waals surface area contributed by atoms with Gasteiger partial charge >= 0.3 is 0 Å². The van der Waals surface area contributed by atoms with Gasteiger partial charge in [0.25, 0.3) is 0 Å². The molecule has 1 aliphatic heterocycles. The summed E-state index contributed by atoms with van der Waals surface area (Å²) in [6.45, 7) is 1.21. The molecule has 0 bridgehead atoms. The number of nitrogens with one attached hydrogen (secondary N) is 1. The fourth-order valence-electron chi connectivity index (χ4n) is 4.27. The van der Waals surface area contributed by atoms with E-state index in [0.717, 1.165) is 25.7 Å². The van der Waals surface area contributed by atoms with Crippen LogP contribution in [0.1, 0.15) is 42.0 Å². The summed E-state index contributed by atoms with van der Waals surface area (Å²) in [7, 11) is 0. The molecule has 0 aromatic heterocycles. The highest BCUT2D eigenvalue weighted by atomic mass is 16.2. The summed E-state index contributed by atoms with van der Waals surface area (Å²) in [5.74, 6) is -0.121. The van der Waals surface area contributed by atoms with Crippen molar-refractivity contribution in [1.29, 1.82) is 0 Å². The Labute approximate surface area is 160 Å². The second-order valence-corrected chi connectivity index (χ2v) is 7.63. The van der Waals surface area contributed by atoms with Gasteiger partial charge in [-0.25, -0.2) is 0 Å². The molecule has 2 aromatic carbocycles. The molecule has 2 atom stereocenters. The van der Waals surface area contributed by atoms with E-state index in [1.165, 1.54) is 16.7 Å². The molecule has 4 rings (SSSR count). The largest absolute Gasteiger partial charge is 0.349 e. The molecule has 2 aromatic rings. The summed E-state index contributed by atoms with van der Waals surface area (Å²) in [6, 6.07) is 18.6. The van der Waals surface area contributed by atoms with Gasteiger partial charge in [0.05, 0.1) is 12.0 Å². The summed E-state index contributed by atoms with van der Waals surface area (Å²) >= 11 is 0. The van der Waals surface area contributed by atoms with Gasteiger partial charge in [-0.3, -0.25) is 9.59 Å². The monoisotopic (exact) mass is 362 g/mol. The van der Waals surface area contributed by atoms with Crippen LogP contribution >= 0.6 is 0 Å². The van der Waals surface area contributed by atoms with Crippen molar-refractivity contribution >= 4 is 11.8 Å². The summed E-state index contributed by atoms with van der Waals surface area (Å²) in [5, 5.41) is 3.21. The third kappa shape index (κ3) is 4.05. The normalized spacial score (nSPS) is 21.8. The van der Waals surface area contributed by atoms with E-state index >= 15 is 0 Å². The van der Waals surface area contributed by atoms with Crippen molar-refractivity contribution in [1.82, 2.24) is 10.2 Å². The minimum absolute atomic E-state index is 0.0206. The zero-order chi connectivity index (χ0) is 18.6. The number of likely N-dealkylation sites (tertiary alicyclic amines) is 1. The molecule has 4 heteroatoms. The van der Waals surface area contributed by atoms with E-state index in [1.807, 2.05) is 29.2 Å². The molecule has 0 spiro atoms. The highest BCUT2D eigenvalue weighted by Crippen LogP contribution is 2.30. The van der Waals surface area contributed by atoms with Crippen molar-refractivity contribution in [2.45, 2.75) is 38.1 Å². The summed E-state index contributed by atoms with van der Waals surface area (Å²) in [4.78, 5) is 27.0. The maximum atomic E-state index is 12.8. The smallest absolute Gasteiger partial charge is 0.225 e. The maximum absolute atomic E-state index is 12.8. The van der Waals surface area contributed by atoms with Gasteiger partial charge in [-0.15, -0.1) is 0 Å². The standard InChI is InChI=1S/C23H26N2O2/c26-22-15-19(16-25(22)14-13-17-7-2-1-3-8-17)23(27)24-21-12-6-10-18-9-4-5-11-20(18)21/h1-5,7-9,11,19,21H,6,10,12-16H2,(H,24,27)/t19-,21+/m0/s1. The lowest BCUT2D eigenvalue weighted by Gasteiger charge is -2.27. The number of nitrogens with zero attached hydrogens (tertiary/aromatic N) is 1. The average molecular weight is 362 g/mol. The number of benzene rings is 2. The van der Waals surface area contributed by atoms with E-state index in [-0.39, 0.29) is 23.8 Å². The van der Waals surface area contributed by atoms with E-state index in [4.69, 9.17) is 0 Å². The Morgan fingerprint density at radius 2 is 1.85 bits per heavy atom. The average Bonchev–Trinajstić information content (AvgIpc) is 3.08. The molecule has 0 radical (unpaired) electrons. The maximum Gasteiger partial charge on any atom is 0.225 e. The second kappa shape index (κ2) is 7.95. The van der Waals surface area contributed by atoms with Crippen molar-refractivity contribution in [3.8, 4) is 0 Å². The molecular formula is C23H26N2O2. The molecule has 1 saturated heterocycles. The van der Waals surface area contributed by atoms with Crippen molar-refractivity contribution in [2.75, 3.05) is 13.1 Å². The third-order valence-electron chi connectivity index (χ3n) is 5.78. The lowest BCUT2D eigenvalue weighted by Crippen LogP contribution is -2.37. The Bertz CT molecular complexity index is 818. The lowest BCUT2D eigenvalue weighted by atomic mass is 9.87. The number of carbonyl (C=O) groups is 2. The van der Waals surface area contributed by atoms with Gasteiger partial charge in [-0.05, 0) is 42.4 Å². The van der Waals surface area contributed by atoms with Crippen LogP contribution in [0.3, 0.4) is 0 Å². The van der Waals surface area contributed by atoms with Crippen LogP contribution in [0, 0.1) is 5.92 Å². The van der Waals surface area contributed by atoms with Gasteiger partial charge in [0.2, 0.25) is 11.8 Å². The summed E-state index contributed by atoms with van der Waals surface area (Å²) in [5.41, 5.74) is 3.79. The molecule has 27 heavy (non-hydrogen) atoms. The van der Waals surface area contributed by atoms with Crippen LogP contribution in [-0.2, 0) is 22.4 Å². The number of rotatable bonds is 5. The van der Waals surface area contributed by atoms with Crippen molar-refractivity contribution in [2.24, 2.45) is 5.92 Å². The van der Waals surface area contributed by atoms with Gasteiger partial charge in [-0.2, -0.15) is 0 Å². The van der Waals surface area contributed by atoms with Crippen LogP contribution in [0.2, 0.25) is 0 Å². The van der Waals surface area contributed by atoms with E-state index in [0.29, 0.717) is 19.5 Å². The highest BCUT2D eigenvalue weighted by Gasteiger charge is 2.35. The Balaban J connectivity index is 1.34. The third-order valence-corrected chi connectivity index (χ3v) is 5.78. The molecule has 2 amide bonds. The second-order valence-electron chi connectivity index (χ2n) is 7.63. The van der Waals surface area contributed by atoms with Crippen LogP contribution in [0.15, 0.2) is 54.6 Å². The minimum atomic E-state index is -0.234. The minimum Gasteiger partial charge on any atom is -0.349 e. The molecule has 0 unspecified atom stereocenters. The Morgan fingerprint density at radius 1 is 1.07 bits per heavy atom. The summed E-state index contributed by atoms with van der Waals surface area (Å²) < 4.78 is 0. The Morgan fingerprint density at radius 3 is 2.70 bits per heavy atom. The number of hydrogen-bond donors (Lipinski definition) is 1. The first-order chi connectivity index (χ1) is 13.2. The van der Waals surface area contributed by atoms with Gasteiger partial charge in [0.1, 0.15) is 0 Å². The first-order valence-corrected chi connectivity index (χ1v) is 9.90.